The van der Waals surface area contributed by atoms with Gasteiger partial charge in [0.05, 0.1) is 11.2 Å². The SMILES string of the molecule is CC12CCC(C)(C1)c1cc(B3OC(C)(C)C(C)(C)O3)ccc12.S=S=S=S=S=S=S=S=S=S=S=S=S. The summed E-state index contributed by atoms with van der Waals surface area (Å²) in [5.41, 5.74) is 4.46. The van der Waals surface area contributed by atoms with Crippen LogP contribution in [0.3, 0.4) is 0 Å². The Morgan fingerprint density at radius 1 is 0.657 bits per heavy atom. The second kappa shape index (κ2) is 13.6. The molecule has 0 spiro atoms. The number of fused-ring (bicyclic) bond motifs is 5. The Labute approximate surface area is 250 Å². The van der Waals surface area contributed by atoms with E-state index >= 15 is 0 Å². The molecular formula is C19H27BO2S13. The molecule has 3 aliphatic rings. The third kappa shape index (κ3) is 7.84. The van der Waals surface area contributed by atoms with Gasteiger partial charge in [0.15, 0.2) is 0 Å². The highest BCUT2D eigenvalue weighted by Gasteiger charge is 2.55. The highest BCUT2D eigenvalue weighted by molar-refractivity contribution is 8.75. The molecule has 2 atom stereocenters. The molecule has 35 heavy (non-hydrogen) atoms. The molecule has 2 fully saturated rings. The first kappa shape index (κ1) is 31.6. The van der Waals surface area contributed by atoms with Crippen LogP contribution >= 0.6 is 0 Å². The smallest absolute Gasteiger partial charge is 0.399 e. The van der Waals surface area contributed by atoms with Gasteiger partial charge in [-0.1, -0.05) is 32.0 Å². The highest BCUT2D eigenvalue weighted by Crippen LogP contribution is 2.60. The van der Waals surface area contributed by atoms with E-state index in [0.717, 1.165) is 0 Å². The van der Waals surface area contributed by atoms with E-state index in [2.05, 4.69) is 59.7 Å². The van der Waals surface area contributed by atoms with E-state index in [1.807, 2.05) is 0 Å². The van der Waals surface area contributed by atoms with Crippen LogP contribution in [0.5, 0.6) is 0 Å². The van der Waals surface area contributed by atoms with Crippen molar-refractivity contribution in [2.24, 2.45) is 0 Å². The topological polar surface area (TPSA) is 18.5 Å². The van der Waals surface area contributed by atoms with Crippen LogP contribution in [-0.4, -0.2) is 18.3 Å². The van der Waals surface area contributed by atoms with Gasteiger partial charge >= 0.3 is 7.12 Å². The summed E-state index contributed by atoms with van der Waals surface area (Å²) in [6, 6.07) is 6.91. The van der Waals surface area contributed by atoms with Crippen LogP contribution in [0.1, 0.15) is 71.9 Å². The quantitative estimate of drug-likeness (QED) is 0.414. The third-order valence-electron chi connectivity index (χ3n) is 7.16. The van der Waals surface area contributed by atoms with Crippen molar-refractivity contribution in [1.82, 2.24) is 0 Å². The molecule has 2 unspecified atom stereocenters. The zero-order valence-corrected chi connectivity index (χ0v) is 30.7. The molecule has 0 N–H and O–H groups in total. The fourth-order valence-corrected chi connectivity index (χ4v) is 29.6. The van der Waals surface area contributed by atoms with Gasteiger partial charge in [0, 0.05) is 120 Å². The molecule has 2 nitrogen and oxygen atoms in total. The Morgan fingerprint density at radius 3 is 1.54 bits per heavy atom. The lowest BCUT2D eigenvalue weighted by molar-refractivity contribution is 0.00578. The summed E-state index contributed by atoms with van der Waals surface area (Å²) in [6.07, 6.45) is 3.93. The number of hydrogen-bond acceptors (Lipinski definition) is 4. The molecule has 1 aromatic carbocycles. The van der Waals surface area contributed by atoms with Gasteiger partial charge in [-0.2, -0.15) is 0 Å². The van der Waals surface area contributed by atoms with E-state index in [-0.39, 0.29) is 18.3 Å². The van der Waals surface area contributed by atoms with E-state index in [1.54, 1.807) is 85.5 Å². The Bertz CT molecular complexity index is 1400. The summed E-state index contributed by atoms with van der Waals surface area (Å²) < 4.78 is 12.5. The summed E-state index contributed by atoms with van der Waals surface area (Å²) in [5, 5.41) is 0. The van der Waals surface area contributed by atoms with Crippen molar-refractivity contribution in [3.63, 3.8) is 0 Å². The monoisotopic (exact) mass is 714 g/mol. The molecule has 1 saturated heterocycles. The summed E-state index contributed by atoms with van der Waals surface area (Å²) in [6.45, 7) is 13.3. The molecule has 196 valence electrons. The molecule has 1 aliphatic heterocycles. The normalized spacial score (nSPS) is 26.3. The minimum atomic E-state index is -0.272. The lowest BCUT2D eigenvalue weighted by atomic mass is 9.72. The zero-order chi connectivity index (χ0) is 25.7. The van der Waals surface area contributed by atoms with Crippen LogP contribution in [0.25, 0.3) is 0 Å². The van der Waals surface area contributed by atoms with Gasteiger partial charge in [-0.25, -0.2) is 0 Å². The van der Waals surface area contributed by atoms with Crippen LogP contribution in [-0.2, 0) is 140 Å². The first-order valence-corrected chi connectivity index (χ1v) is 26.6. The first-order chi connectivity index (χ1) is 16.5. The Hall–Kier alpha value is 2.06. The minimum absolute atomic E-state index is 0.245. The summed E-state index contributed by atoms with van der Waals surface area (Å²) >= 11 is 9.40. The van der Waals surface area contributed by atoms with E-state index in [9.17, 15) is 0 Å². The van der Waals surface area contributed by atoms with Crippen LogP contribution < -0.4 is 5.46 Å². The zero-order valence-electron chi connectivity index (χ0n) is 20.1. The van der Waals surface area contributed by atoms with Gasteiger partial charge in [0.2, 0.25) is 0 Å². The summed E-state index contributed by atoms with van der Waals surface area (Å²) in [7, 11) is 17.9. The number of rotatable bonds is 1. The van der Waals surface area contributed by atoms with Crippen LogP contribution in [0.2, 0.25) is 0 Å². The second-order valence-electron chi connectivity index (χ2n) is 9.94. The van der Waals surface area contributed by atoms with Crippen molar-refractivity contribution in [2.45, 2.75) is 82.8 Å². The molecule has 4 rings (SSSR count). The van der Waals surface area contributed by atoms with Gasteiger partial charge in [0.1, 0.15) is 0 Å². The standard InChI is InChI=1S/C19H27BO2.S13/c1-16(2)17(3,4)22-20(21-16)13-7-8-14-15(11-13)19(6)10-9-18(14,5)12-19;1-3-5-7-9-11-13-12-10-8-6-4-2/h7-8,11H,9-10,12H2,1-6H3;. The lowest BCUT2D eigenvalue weighted by Gasteiger charge is -2.32. The van der Waals surface area contributed by atoms with Gasteiger partial charge < -0.3 is 9.31 Å². The van der Waals surface area contributed by atoms with Crippen molar-refractivity contribution >= 4 is 133 Å². The number of benzene rings is 1. The van der Waals surface area contributed by atoms with Gasteiger partial charge in [-0.3, -0.25) is 0 Å². The average molecular weight is 715 g/mol. The molecule has 1 saturated carbocycles. The predicted molar refractivity (Wildman–Crippen MR) is 186 cm³/mol. The van der Waals surface area contributed by atoms with Crippen molar-refractivity contribution in [3.05, 3.63) is 29.3 Å². The first-order valence-electron chi connectivity index (χ1n) is 10.6. The largest absolute Gasteiger partial charge is 0.494 e. The van der Waals surface area contributed by atoms with E-state index in [1.165, 1.54) is 48.0 Å². The summed E-state index contributed by atoms with van der Waals surface area (Å²) in [4.78, 5) is 0. The minimum Gasteiger partial charge on any atom is -0.399 e. The van der Waals surface area contributed by atoms with Gasteiger partial charge in [-0.15, -0.1) is 0 Å². The molecule has 1 aromatic rings. The maximum atomic E-state index is 6.23. The van der Waals surface area contributed by atoms with E-state index in [4.69, 9.17) is 31.7 Å². The molecule has 1 heterocycles. The van der Waals surface area contributed by atoms with Crippen LogP contribution in [0, 0.1) is 0 Å². The fraction of sp³-hybridized carbons (Fsp3) is 0.684. The van der Waals surface area contributed by atoms with Crippen molar-refractivity contribution in [3.8, 4) is 0 Å². The summed E-state index contributed by atoms with van der Waals surface area (Å²) in [5.74, 6) is 0. The Balaban J connectivity index is 0.000000228. The molecule has 0 amide bonds. The number of hydrogen-bond donors (Lipinski definition) is 0. The fourth-order valence-electron chi connectivity index (χ4n) is 4.86. The molecule has 0 aromatic heterocycles. The van der Waals surface area contributed by atoms with Crippen molar-refractivity contribution < 1.29 is 9.31 Å². The van der Waals surface area contributed by atoms with E-state index in [0.29, 0.717) is 10.8 Å². The lowest BCUT2D eigenvalue weighted by Crippen LogP contribution is -2.41. The molecule has 0 radical (unpaired) electrons. The van der Waals surface area contributed by atoms with Crippen LogP contribution in [0.4, 0.5) is 0 Å². The molecule has 2 aliphatic carbocycles. The highest BCUT2D eigenvalue weighted by atomic mass is 33.5. The van der Waals surface area contributed by atoms with Gasteiger partial charge in [-0.05, 0) is 74.4 Å². The third-order valence-corrected chi connectivity index (χ3v) is 29.4. The Morgan fingerprint density at radius 2 is 1.09 bits per heavy atom. The van der Waals surface area contributed by atoms with Crippen molar-refractivity contribution in [2.75, 3.05) is 0 Å². The second-order valence-corrected chi connectivity index (χ2v) is 29.4. The average Bonchev–Trinajstić information content (AvgIpc) is 3.33. The maximum Gasteiger partial charge on any atom is 0.494 e. The Kier molecular flexibility index (Phi) is 12.3. The predicted octanol–water partition coefficient (Wildman–Crippen LogP) is 3.67. The maximum absolute atomic E-state index is 6.23. The van der Waals surface area contributed by atoms with E-state index < -0.39 is 0 Å². The van der Waals surface area contributed by atoms with Crippen molar-refractivity contribution in [1.29, 1.82) is 0 Å². The molecule has 2 bridgehead atoms. The molecular weight excluding hydrogens is 688 g/mol. The molecule has 16 heteroatoms. The van der Waals surface area contributed by atoms with Crippen LogP contribution in [0.15, 0.2) is 18.2 Å². The van der Waals surface area contributed by atoms with Gasteiger partial charge in [0.25, 0.3) is 0 Å².